The van der Waals surface area contributed by atoms with Crippen LogP contribution in [0.5, 0.6) is 0 Å². The first-order valence-electron chi connectivity index (χ1n) is 9.24. The van der Waals surface area contributed by atoms with Gasteiger partial charge in [0.1, 0.15) is 0 Å². The van der Waals surface area contributed by atoms with Crippen molar-refractivity contribution in [1.82, 2.24) is 14.6 Å². The van der Waals surface area contributed by atoms with Crippen LogP contribution in [0.4, 0.5) is 5.69 Å². The van der Waals surface area contributed by atoms with Gasteiger partial charge >= 0.3 is 0 Å². The van der Waals surface area contributed by atoms with Gasteiger partial charge in [0.25, 0.3) is 5.91 Å². The lowest BCUT2D eigenvalue weighted by atomic mass is 10.2. The van der Waals surface area contributed by atoms with Gasteiger partial charge in [-0.2, -0.15) is 4.31 Å². The van der Waals surface area contributed by atoms with E-state index in [1.165, 1.54) is 23.4 Å². The van der Waals surface area contributed by atoms with Crippen LogP contribution >= 0.6 is 0 Å². The number of hydrazine groups is 1. The molecule has 154 valence electrons. The lowest BCUT2D eigenvalue weighted by molar-refractivity contribution is -0.129. The zero-order valence-electron chi connectivity index (χ0n) is 16.4. The van der Waals surface area contributed by atoms with Crippen LogP contribution < -0.4 is 10.4 Å². The van der Waals surface area contributed by atoms with Gasteiger partial charge in [-0.15, -0.1) is 0 Å². The minimum Gasteiger partial charge on any atom is -0.340 e. The SMILES string of the molecule is CC(=O)N1CCN(S(=O)(=O)c2cccc(C(=O)NN(C)c3ccccc3)c2)CC1. The van der Waals surface area contributed by atoms with E-state index >= 15 is 0 Å². The number of para-hydroxylation sites is 1. The summed E-state index contributed by atoms with van der Waals surface area (Å²) >= 11 is 0. The summed E-state index contributed by atoms with van der Waals surface area (Å²) in [5.41, 5.74) is 3.78. The summed E-state index contributed by atoms with van der Waals surface area (Å²) in [6.45, 7) is 2.65. The summed E-state index contributed by atoms with van der Waals surface area (Å²) in [5.74, 6) is -0.474. The topological polar surface area (TPSA) is 90.0 Å². The molecule has 8 nitrogen and oxygen atoms in total. The van der Waals surface area contributed by atoms with Crippen LogP contribution in [0.25, 0.3) is 0 Å². The number of hydrogen-bond donors (Lipinski definition) is 1. The molecule has 0 aliphatic carbocycles. The summed E-state index contributed by atoms with van der Waals surface area (Å²) in [6, 6.07) is 15.3. The molecule has 1 aliphatic rings. The minimum atomic E-state index is -3.75. The molecule has 1 fully saturated rings. The predicted molar refractivity (Wildman–Crippen MR) is 110 cm³/mol. The molecule has 3 rings (SSSR count). The maximum Gasteiger partial charge on any atom is 0.269 e. The van der Waals surface area contributed by atoms with E-state index in [1.807, 2.05) is 30.3 Å². The fourth-order valence-corrected chi connectivity index (χ4v) is 4.59. The van der Waals surface area contributed by atoms with Gasteiger partial charge in [-0.05, 0) is 30.3 Å². The molecule has 0 atom stereocenters. The zero-order valence-corrected chi connectivity index (χ0v) is 17.2. The van der Waals surface area contributed by atoms with Gasteiger partial charge in [0.05, 0.1) is 10.6 Å². The molecule has 2 aromatic rings. The molecular weight excluding hydrogens is 392 g/mol. The zero-order chi connectivity index (χ0) is 21.0. The Labute approximate surface area is 170 Å². The summed E-state index contributed by atoms with van der Waals surface area (Å²) in [4.78, 5) is 25.7. The molecule has 2 amide bonds. The molecule has 0 unspecified atom stereocenters. The highest BCUT2D eigenvalue weighted by Gasteiger charge is 2.29. The van der Waals surface area contributed by atoms with E-state index in [0.29, 0.717) is 13.1 Å². The van der Waals surface area contributed by atoms with Crippen molar-refractivity contribution in [3.8, 4) is 0 Å². The molecular formula is C20H24N4O4S. The molecule has 2 aromatic carbocycles. The molecule has 0 saturated carbocycles. The first-order valence-corrected chi connectivity index (χ1v) is 10.7. The second kappa shape index (κ2) is 8.62. The third-order valence-corrected chi connectivity index (χ3v) is 6.73. The molecule has 9 heteroatoms. The second-order valence-electron chi connectivity index (χ2n) is 6.77. The lowest BCUT2D eigenvalue weighted by Crippen LogP contribution is -2.49. The summed E-state index contributed by atoms with van der Waals surface area (Å²) < 4.78 is 27.3. The maximum atomic E-state index is 13.0. The van der Waals surface area contributed by atoms with Crippen LogP contribution in [0.15, 0.2) is 59.5 Å². The van der Waals surface area contributed by atoms with Crippen molar-refractivity contribution in [3.63, 3.8) is 0 Å². The number of hydrogen-bond acceptors (Lipinski definition) is 5. The number of anilines is 1. The normalized spacial score (nSPS) is 15.0. The van der Waals surface area contributed by atoms with Gasteiger partial charge < -0.3 is 4.90 Å². The highest BCUT2D eigenvalue weighted by atomic mass is 32.2. The molecule has 0 spiro atoms. The molecule has 1 aliphatic heterocycles. The van der Waals surface area contributed by atoms with Gasteiger partial charge in [-0.1, -0.05) is 24.3 Å². The van der Waals surface area contributed by atoms with Gasteiger partial charge in [0, 0.05) is 45.7 Å². The summed E-state index contributed by atoms with van der Waals surface area (Å²) in [7, 11) is -2.04. The van der Waals surface area contributed by atoms with Crippen LogP contribution in [0.2, 0.25) is 0 Å². The van der Waals surface area contributed by atoms with Crippen molar-refractivity contribution in [2.75, 3.05) is 38.2 Å². The average Bonchev–Trinajstić information content (AvgIpc) is 2.74. The van der Waals surface area contributed by atoms with Crippen molar-refractivity contribution in [2.24, 2.45) is 0 Å². The Kier molecular flexibility index (Phi) is 6.19. The molecule has 29 heavy (non-hydrogen) atoms. The molecule has 1 N–H and O–H groups in total. The fraction of sp³-hybridized carbons (Fsp3) is 0.300. The van der Waals surface area contributed by atoms with E-state index in [4.69, 9.17) is 0 Å². The highest BCUT2D eigenvalue weighted by molar-refractivity contribution is 7.89. The summed E-state index contributed by atoms with van der Waals surface area (Å²) in [5, 5.41) is 1.57. The van der Waals surface area contributed by atoms with Crippen LogP contribution in [0.3, 0.4) is 0 Å². The fourth-order valence-electron chi connectivity index (χ4n) is 3.12. The van der Waals surface area contributed by atoms with E-state index in [1.54, 1.807) is 29.1 Å². The van der Waals surface area contributed by atoms with E-state index in [0.717, 1.165) is 5.69 Å². The maximum absolute atomic E-state index is 13.0. The van der Waals surface area contributed by atoms with Gasteiger partial charge in [-0.25, -0.2) is 8.42 Å². The average molecular weight is 417 g/mol. The van der Waals surface area contributed by atoms with E-state index < -0.39 is 15.9 Å². The van der Waals surface area contributed by atoms with E-state index in [9.17, 15) is 18.0 Å². The third-order valence-electron chi connectivity index (χ3n) is 4.83. The number of nitrogens with zero attached hydrogens (tertiary/aromatic N) is 3. The third kappa shape index (κ3) is 4.75. The number of rotatable bonds is 5. The van der Waals surface area contributed by atoms with Crippen molar-refractivity contribution < 1.29 is 18.0 Å². The number of amides is 2. The minimum absolute atomic E-state index is 0.0591. The molecule has 1 heterocycles. The van der Waals surface area contributed by atoms with Crippen molar-refractivity contribution in [2.45, 2.75) is 11.8 Å². The number of piperazine rings is 1. The van der Waals surface area contributed by atoms with E-state index in [-0.39, 0.29) is 29.5 Å². The number of carbonyl (C=O) groups is 2. The number of nitrogens with one attached hydrogen (secondary N) is 1. The summed E-state index contributed by atoms with van der Waals surface area (Å²) in [6.07, 6.45) is 0. The number of benzene rings is 2. The standard InChI is InChI=1S/C20H24N4O4S/c1-16(25)23-11-13-24(14-12-23)29(27,28)19-10-6-7-17(15-19)20(26)21-22(2)18-8-4-3-5-9-18/h3-10,15H,11-14H2,1-2H3,(H,21,26). The van der Waals surface area contributed by atoms with Crippen molar-refractivity contribution in [1.29, 1.82) is 0 Å². The molecule has 0 aromatic heterocycles. The molecule has 0 bridgehead atoms. The Morgan fingerprint density at radius 1 is 0.966 bits per heavy atom. The van der Waals surface area contributed by atoms with Crippen LogP contribution in [0, 0.1) is 0 Å². The van der Waals surface area contributed by atoms with Crippen LogP contribution in [-0.2, 0) is 14.8 Å². The number of sulfonamides is 1. The Hall–Kier alpha value is -2.91. The Morgan fingerprint density at radius 3 is 2.24 bits per heavy atom. The van der Waals surface area contributed by atoms with Crippen molar-refractivity contribution >= 4 is 27.5 Å². The second-order valence-corrected chi connectivity index (χ2v) is 8.71. The smallest absolute Gasteiger partial charge is 0.269 e. The van der Waals surface area contributed by atoms with Gasteiger partial charge in [0.2, 0.25) is 15.9 Å². The van der Waals surface area contributed by atoms with Gasteiger partial charge in [0.15, 0.2) is 0 Å². The van der Waals surface area contributed by atoms with Crippen LogP contribution in [0.1, 0.15) is 17.3 Å². The quantitative estimate of drug-likeness (QED) is 0.743. The number of carbonyl (C=O) groups excluding carboxylic acids is 2. The first-order chi connectivity index (χ1) is 13.8. The van der Waals surface area contributed by atoms with Crippen LogP contribution in [-0.4, -0.2) is 62.7 Å². The van der Waals surface area contributed by atoms with Gasteiger partial charge in [-0.3, -0.25) is 20.0 Å². The Balaban J connectivity index is 1.73. The van der Waals surface area contributed by atoms with Crippen molar-refractivity contribution in [3.05, 3.63) is 60.2 Å². The monoisotopic (exact) mass is 416 g/mol. The first kappa shape index (κ1) is 20.8. The molecule has 1 saturated heterocycles. The largest absolute Gasteiger partial charge is 0.340 e. The molecule has 0 radical (unpaired) electrons. The highest BCUT2D eigenvalue weighted by Crippen LogP contribution is 2.19. The Morgan fingerprint density at radius 2 is 1.62 bits per heavy atom. The van der Waals surface area contributed by atoms with E-state index in [2.05, 4.69) is 5.43 Å². The predicted octanol–water partition coefficient (Wildman–Crippen LogP) is 1.32. The lowest BCUT2D eigenvalue weighted by Gasteiger charge is -2.33. The Bertz CT molecular complexity index is 987.